The number of hydrogen-bond acceptors (Lipinski definition) is 4. The predicted octanol–water partition coefficient (Wildman–Crippen LogP) is 5.74. The van der Waals surface area contributed by atoms with Gasteiger partial charge in [-0.1, -0.05) is 32.9 Å². The Balaban J connectivity index is 2.48. The molecule has 4 nitrogen and oxygen atoms in total. The van der Waals surface area contributed by atoms with Crippen LogP contribution in [0.15, 0.2) is 30.5 Å². The summed E-state index contributed by atoms with van der Waals surface area (Å²) in [5, 5.41) is 0. The van der Waals surface area contributed by atoms with Crippen LogP contribution < -0.4 is 9.64 Å². The molecule has 0 saturated heterocycles. The number of ether oxygens (including phenoxy) is 1. The zero-order valence-corrected chi connectivity index (χ0v) is 16.8. The molecule has 27 heavy (non-hydrogen) atoms. The van der Waals surface area contributed by atoms with E-state index in [2.05, 4.69) is 30.7 Å². The van der Waals surface area contributed by atoms with E-state index in [0.29, 0.717) is 5.69 Å². The molecule has 0 unspecified atom stereocenters. The maximum atomic E-state index is 13.5. The van der Waals surface area contributed by atoms with Crippen LogP contribution in [0.3, 0.4) is 0 Å². The van der Waals surface area contributed by atoms with Gasteiger partial charge in [0.15, 0.2) is 5.82 Å². The first kappa shape index (κ1) is 21.0. The molecule has 0 aliphatic heterocycles. The summed E-state index contributed by atoms with van der Waals surface area (Å²) in [7, 11) is 1.55. The second kappa shape index (κ2) is 7.02. The highest BCUT2D eigenvalue weighted by Crippen LogP contribution is 2.38. The molecule has 0 aliphatic carbocycles. The number of alkyl halides is 3. The lowest BCUT2D eigenvalue weighted by Gasteiger charge is -2.25. The van der Waals surface area contributed by atoms with Crippen LogP contribution in [0, 0.1) is 0 Å². The number of halogens is 3. The molecule has 0 saturated carbocycles. The van der Waals surface area contributed by atoms with Crippen molar-refractivity contribution in [1.29, 1.82) is 0 Å². The molecule has 0 aliphatic rings. The Morgan fingerprint density at radius 2 is 1.48 bits per heavy atom. The van der Waals surface area contributed by atoms with E-state index >= 15 is 0 Å². The molecule has 7 heteroatoms. The topological polar surface area (TPSA) is 38.2 Å². The summed E-state index contributed by atoms with van der Waals surface area (Å²) >= 11 is 0. The van der Waals surface area contributed by atoms with Crippen LogP contribution in [-0.2, 0) is 11.6 Å². The van der Waals surface area contributed by atoms with Gasteiger partial charge in [0.05, 0.1) is 0 Å². The van der Waals surface area contributed by atoms with E-state index < -0.39 is 17.3 Å². The largest absolute Gasteiger partial charge is 0.458 e. The minimum absolute atomic E-state index is 0.0448. The van der Waals surface area contributed by atoms with Crippen LogP contribution in [0.5, 0.6) is 6.01 Å². The summed E-state index contributed by atoms with van der Waals surface area (Å²) < 4.78 is 45.9. The monoisotopic (exact) mass is 381 g/mol. The highest BCUT2D eigenvalue weighted by molar-refractivity contribution is 5.63. The van der Waals surface area contributed by atoms with Crippen LogP contribution in [0.25, 0.3) is 0 Å². The smallest absolute Gasteiger partial charge is 0.421 e. The van der Waals surface area contributed by atoms with Crippen molar-refractivity contribution in [2.24, 2.45) is 0 Å². The molecule has 0 spiro atoms. The highest BCUT2D eigenvalue weighted by Gasteiger charge is 2.37. The maximum Gasteiger partial charge on any atom is 0.421 e. The summed E-state index contributed by atoms with van der Waals surface area (Å²) in [5.74, 6) is -0.250. The van der Waals surface area contributed by atoms with Crippen LogP contribution >= 0.6 is 0 Å². The van der Waals surface area contributed by atoms with Crippen molar-refractivity contribution in [3.05, 3.63) is 41.6 Å². The summed E-state index contributed by atoms with van der Waals surface area (Å²) in [6.07, 6.45) is -3.81. The number of nitrogens with zero attached hydrogens (tertiary/aromatic N) is 3. The molecule has 0 amide bonds. The molecule has 1 heterocycles. The summed E-state index contributed by atoms with van der Waals surface area (Å²) in [6, 6.07) is 7.30. The number of anilines is 2. The molecule has 2 aromatic rings. The third-order valence-corrected chi connectivity index (χ3v) is 3.89. The van der Waals surface area contributed by atoms with Gasteiger partial charge in [0, 0.05) is 18.9 Å². The Kier molecular flexibility index (Phi) is 5.46. The lowest BCUT2D eigenvalue weighted by molar-refractivity contribution is -0.137. The van der Waals surface area contributed by atoms with Gasteiger partial charge in [-0.05, 0) is 43.9 Å². The Labute approximate surface area is 158 Å². The van der Waals surface area contributed by atoms with Crippen LogP contribution in [0.1, 0.15) is 52.7 Å². The van der Waals surface area contributed by atoms with Crippen LogP contribution in [0.4, 0.5) is 24.7 Å². The Morgan fingerprint density at radius 3 is 1.93 bits per heavy atom. The first-order chi connectivity index (χ1) is 12.2. The van der Waals surface area contributed by atoms with Crippen molar-refractivity contribution in [2.45, 2.75) is 58.7 Å². The standard InChI is InChI=1S/C20H26F3N3O/c1-18(2,3)13-8-10-14(11-9-13)26(7)16-15(20(21,22)23)12-24-17(25-16)27-19(4,5)6/h8-12H,1-7H3. The molecule has 0 bridgehead atoms. The highest BCUT2D eigenvalue weighted by atomic mass is 19.4. The van der Waals surface area contributed by atoms with Crippen molar-refractivity contribution in [3.63, 3.8) is 0 Å². The molecule has 0 radical (unpaired) electrons. The van der Waals surface area contributed by atoms with E-state index in [1.165, 1.54) is 4.90 Å². The van der Waals surface area contributed by atoms with Gasteiger partial charge < -0.3 is 9.64 Å². The number of aromatic nitrogens is 2. The van der Waals surface area contributed by atoms with E-state index in [4.69, 9.17) is 4.74 Å². The first-order valence-electron chi connectivity index (χ1n) is 8.66. The van der Waals surface area contributed by atoms with Gasteiger partial charge in [0.25, 0.3) is 0 Å². The van der Waals surface area contributed by atoms with Gasteiger partial charge in [-0.25, -0.2) is 4.98 Å². The quantitative estimate of drug-likeness (QED) is 0.680. The molecule has 0 N–H and O–H groups in total. The van der Waals surface area contributed by atoms with E-state index in [9.17, 15) is 13.2 Å². The van der Waals surface area contributed by atoms with Crippen molar-refractivity contribution in [3.8, 4) is 6.01 Å². The van der Waals surface area contributed by atoms with Gasteiger partial charge >= 0.3 is 12.2 Å². The lowest BCUT2D eigenvalue weighted by Crippen LogP contribution is -2.26. The summed E-state index contributed by atoms with van der Waals surface area (Å²) in [4.78, 5) is 9.17. The number of hydrogen-bond donors (Lipinski definition) is 0. The maximum absolute atomic E-state index is 13.5. The minimum Gasteiger partial charge on any atom is -0.458 e. The summed E-state index contributed by atoms with van der Waals surface area (Å²) in [5.41, 5.74) is 0.107. The molecular formula is C20H26F3N3O. The summed E-state index contributed by atoms with van der Waals surface area (Å²) in [6.45, 7) is 11.6. The SMILES string of the molecule is CN(c1ccc(C(C)(C)C)cc1)c1nc(OC(C)(C)C)ncc1C(F)(F)F. The fraction of sp³-hybridized carbons (Fsp3) is 0.500. The lowest BCUT2D eigenvalue weighted by atomic mass is 9.87. The second-order valence-corrected chi connectivity index (χ2v) is 8.46. The first-order valence-corrected chi connectivity index (χ1v) is 8.66. The number of rotatable bonds is 3. The Morgan fingerprint density at radius 1 is 0.926 bits per heavy atom. The zero-order chi connectivity index (χ0) is 20.6. The Hall–Kier alpha value is -2.31. The van der Waals surface area contributed by atoms with Crippen LogP contribution in [0.2, 0.25) is 0 Å². The van der Waals surface area contributed by atoms with E-state index in [0.717, 1.165) is 11.8 Å². The van der Waals surface area contributed by atoms with Gasteiger partial charge in [0.1, 0.15) is 11.2 Å². The van der Waals surface area contributed by atoms with E-state index in [1.54, 1.807) is 40.0 Å². The predicted molar refractivity (Wildman–Crippen MR) is 101 cm³/mol. The molecule has 0 fully saturated rings. The third kappa shape index (κ3) is 5.34. The van der Waals surface area contributed by atoms with Crippen molar-refractivity contribution < 1.29 is 17.9 Å². The van der Waals surface area contributed by atoms with Crippen molar-refractivity contribution in [1.82, 2.24) is 9.97 Å². The van der Waals surface area contributed by atoms with Gasteiger partial charge in [-0.3, -0.25) is 0 Å². The van der Waals surface area contributed by atoms with Crippen molar-refractivity contribution in [2.75, 3.05) is 11.9 Å². The van der Waals surface area contributed by atoms with Gasteiger partial charge in [-0.15, -0.1) is 0 Å². The fourth-order valence-electron chi connectivity index (χ4n) is 2.44. The average Bonchev–Trinajstić information content (AvgIpc) is 2.50. The van der Waals surface area contributed by atoms with E-state index in [-0.39, 0.29) is 17.2 Å². The molecule has 148 valence electrons. The molecule has 2 rings (SSSR count). The average molecular weight is 381 g/mol. The van der Waals surface area contributed by atoms with Crippen molar-refractivity contribution >= 4 is 11.5 Å². The fourth-order valence-corrected chi connectivity index (χ4v) is 2.44. The van der Waals surface area contributed by atoms with Gasteiger partial charge in [0.2, 0.25) is 0 Å². The molecular weight excluding hydrogens is 355 g/mol. The number of benzene rings is 1. The zero-order valence-electron chi connectivity index (χ0n) is 16.8. The van der Waals surface area contributed by atoms with E-state index in [1.807, 2.05) is 12.1 Å². The molecule has 0 atom stereocenters. The molecule has 1 aromatic heterocycles. The minimum atomic E-state index is -4.57. The van der Waals surface area contributed by atoms with Crippen LogP contribution in [-0.4, -0.2) is 22.6 Å². The normalized spacial score (nSPS) is 12.8. The third-order valence-electron chi connectivity index (χ3n) is 3.89. The van der Waals surface area contributed by atoms with Gasteiger partial charge in [-0.2, -0.15) is 18.2 Å². The molecule has 1 aromatic carbocycles. The Bertz CT molecular complexity index is 788. The second-order valence-electron chi connectivity index (χ2n) is 8.46.